The normalized spacial score (nSPS) is 10.6. The fourth-order valence-corrected chi connectivity index (χ4v) is 3.48. The highest BCUT2D eigenvalue weighted by Crippen LogP contribution is 2.36. The predicted octanol–water partition coefficient (Wildman–Crippen LogP) is 5.00. The summed E-state index contributed by atoms with van der Waals surface area (Å²) in [5, 5.41) is 16.7. The summed E-state index contributed by atoms with van der Waals surface area (Å²) < 4.78 is 16.5. The Balaban J connectivity index is 1.55. The third-order valence-corrected chi connectivity index (χ3v) is 5.08. The van der Waals surface area contributed by atoms with Crippen molar-refractivity contribution in [3.63, 3.8) is 0 Å². The van der Waals surface area contributed by atoms with Crippen molar-refractivity contribution >= 4 is 22.3 Å². The molecule has 0 aliphatic rings. The van der Waals surface area contributed by atoms with Gasteiger partial charge in [-0.05, 0) is 35.6 Å². The van der Waals surface area contributed by atoms with Crippen LogP contribution in [0.25, 0.3) is 10.8 Å². The van der Waals surface area contributed by atoms with Gasteiger partial charge in [-0.15, -0.1) is 0 Å². The number of aromatic nitrogens is 2. The van der Waals surface area contributed by atoms with E-state index in [0.717, 1.165) is 16.3 Å². The molecule has 0 saturated carbocycles. The smallest absolute Gasteiger partial charge is 0.373 e. The van der Waals surface area contributed by atoms with Crippen molar-refractivity contribution in [1.82, 2.24) is 9.97 Å². The summed E-state index contributed by atoms with van der Waals surface area (Å²) in [4.78, 5) is 19.4. The SMILES string of the molecule is COc1ccc(CCNc2ncnc(Oc3cccc4ccccc34)c2[N+](=O)[O-])cc1OC. The summed E-state index contributed by atoms with van der Waals surface area (Å²) in [5.74, 6) is 1.70. The van der Waals surface area contributed by atoms with Gasteiger partial charge in [-0.3, -0.25) is 10.1 Å². The molecule has 0 aliphatic heterocycles. The third-order valence-electron chi connectivity index (χ3n) is 5.08. The summed E-state index contributed by atoms with van der Waals surface area (Å²) in [6.45, 7) is 0.404. The lowest BCUT2D eigenvalue weighted by molar-refractivity contribution is -0.385. The minimum absolute atomic E-state index is 0.0886. The molecule has 33 heavy (non-hydrogen) atoms. The highest BCUT2D eigenvalue weighted by molar-refractivity contribution is 5.88. The van der Waals surface area contributed by atoms with Gasteiger partial charge >= 0.3 is 11.6 Å². The Morgan fingerprint density at radius 3 is 2.52 bits per heavy atom. The average Bonchev–Trinajstić information content (AvgIpc) is 2.84. The van der Waals surface area contributed by atoms with Crippen LogP contribution >= 0.6 is 0 Å². The molecule has 1 N–H and O–H groups in total. The van der Waals surface area contributed by atoms with Crippen LogP contribution in [0.1, 0.15) is 5.56 Å². The van der Waals surface area contributed by atoms with E-state index in [9.17, 15) is 10.1 Å². The number of hydrogen-bond donors (Lipinski definition) is 1. The Bertz CT molecular complexity index is 1290. The Hall–Kier alpha value is -4.40. The lowest BCUT2D eigenvalue weighted by atomic mass is 10.1. The van der Waals surface area contributed by atoms with Crippen molar-refractivity contribution in [2.75, 3.05) is 26.1 Å². The summed E-state index contributed by atoms with van der Waals surface area (Å²) in [6, 6.07) is 18.7. The molecule has 0 amide bonds. The number of rotatable bonds is 9. The molecule has 9 nitrogen and oxygen atoms in total. The van der Waals surface area contributed by atoms with Gasteiger partial charge in [-0.2, -0.15) is 4.98 Å². The van der Waals surface area contributed by atoms with Gasteiger partial charge in [0.05, 0.1) is 19.1 Å². The molecule has 9 heteroatoms. The number of anilines is 1. The molecule has 3 aromatic carbocycles. The first-order valence-corrected chi connectivity index (χ1v) is 10.2. The van der Waals surface area contributed by atoms with E-state index < -0.39 is 4.92 Å². The van der Waals surface area contributed by atoms with Crippen LogP contribution in [0.15, 0.2) is 67.0 Å². The molecule has 0 radical (unpaired) electrons. The van der Waals surface area contributed by atoms with Gasteiger partial charge in [0.25, 0.3) is 0 Å². The van der Waals surface area contributed by atoms with Crippen molar-refractivity contribution in [2.45, 2.75) is 6.42 Å². The lowest BCUT2D eigenvalue weighted by Crippen LogP contribution is -2.10. The maximum absolute atomic E-state index is 11.9. The molecule has 0 unspecified atom stereocenters. The van der Waals surface area contributed by atoms with E-state index in [2.05, 4.69) is 15.3 Å². The quantitative estimate of drug-likeness (QED) is 0.283. The molecule has 0 aliphatic carbocycles. The minimum Gasteiger partial charge on any atom is -0.493 e. The number of nitrogens with zero attached hydrogens (tertiary/aromatic N) is 3. The van der Waals surface area contributed by atoms with Crippen molar-refractivity contribution in [3.8, 4) is 23.1 Å². The Labute approximate surface area is 190 Å². The lowest BCUT2D eigenvalue weighted by Gasteiger charge is -2.12. The zero-order valence-corrected chi connectivity index (χ0v) is 18.1. The molecule has 1 heterocycles. The van der Waals surface area contributed by atoms with E-state index in [-0.39, 0.29) is 17.4 Å². The fourth-order valence-electron chi connectivity index (χ4n) is 3.48. The van der Waals surface area contributed by atoms with Crippen molar-refractivity contribution in [2.24, 2.45) is 0 Å². The molecular weight excluding hydrogens is 424 g/mol. The number of nitro groups is 1. The minimum atomic E-state index is -0.542. The highest BCUT2D eigenvalue weighted by atomic mass is 16.6. The van der Waals surface area contributed by atoms with Crippen LogP contribution in [-0.2, 0) is 6.42 Å². The monoisotopic (exact) mass is 446 g/mol. The van der Waals surface area contributed by atoms with E-state index in [1.807, 2.05) is 54.6 Å². The average molecular weight is 446 g/mol. The van der Waals surface area contributed by atoms with Crippen LogP contribution < -0.4 is 19.5 Å². The predicted molar refractivity (Wildman–Crippen MR) is 124 cm³/mol. The van der Waals surface area contributed by atoms with Crippen LogP contribution in [0.5, 0.6) is 23.1 Å². The fraction of sp³-hybridized carbons (Fsp3) is 0.167. The second-order valence-electron chi connectivity index (χ2n) is 7.08. The van der Waals surface area contributed by atoms with Gasteiger partial charge in [-0.25, -0.2) is 4.98 Å². The molecule has 0 atom stereocenters. The first-order chi connectivity index (χ1) is 16.1. The molecule has 0 saturated heterocycles. The molecule has 4 aromatic rings. The Kier molecular flexibility index (Phi) is 6.49. The van der Waals surface area contributed by atoms with Gasteiger partial charge in [0.15, 0.2) is 11.5 Å². The van der Waals surface area contributed by atoms with Gasteiger partial charge in [0, 0.05) is 11.9 Å². The van der Waals surface area contributed by atoms with Gasteiger partial charge < -0.3 is 19.5 Å². The van der Waals surface area contributed by atoms with Crippen molar-refractivity contribution in [1.29, 1.82) is 0 Å². The van der Waals surface area contributed by atoms with Crippen molar-refractivity contribution < 1.29 is 19.1 Å². The second-order valence-corrected chi connectivity index (χ2v) is 7.08. The molecule has 4 rings (SSSR count). The number of benzene rings is 3. The Morgan fingerprint density at radius 2 is 1.73 bits per heavy atom. The van der Waals surface area contributed by atoms with Crippen LogP contribution in [0.4, 0.5) is 11.5 Å². The summed E-state index contributed by atoms with van der Waals surface area (Å²) in [5.41, 5.74) is 0.654. The van der Waals surface area contributed by atoms with Crippen LogP contribution in [0.2, 0.25) is 0 Å². The first kappa shape index (κ1) is 21.8. The van der Waals surface area contributed by atoms with Crippen molar-refractivity contribution in [3.05, 3.63) is 82.7 Å². The molecule has 0 spiro atoms. The topological polar surface area (TPSA) is 109 Å². The maximum atomic E-state index is 11.9. The zero-order chi connectivity index (χ0) is 23.2. The number of methoxy groups -OCH3 is 2. The standard InChI is InChI=1S/C24H22N4O5/c1-31-20-11-10-16(14-21(20)32-2)12-13-25-23-22(28(29)30)24(27-15-26-23)33-19-9-5-7-17-6-3-4-8-18(17)19/h3-11,14-15H,12-13H2,1-2H3,(H,25,26,27). The summed E-state index contributed by atoms with van der Waals surface area (Å²) >= 11 is 0. The van der Waals surface area contributed by atoms with Crippen LogP contribution in [-0.4, -0.2) is 35.7 Å². The molecule has 168 valence electrons. The zero-order valence-electron chi connectivity index (χ0n) is 18.1. The van der Waals surface area contributed by atoms with E-state index in [1.165, 1.54) is 6.33 Å². The summed E-state index contributed by atoms with van der Waals surface area (Å²) in [7, 11) is 3.15. The number of ether oxygens (including phenoxy) is 3. The van der Waals surface area contributed by atoms with E-state index >= 15 is 0 Å². The number of fused-ring (bicyclic) bond motifs is 1. The molecular formula is C24H22N4O5. The van der Waals surface area contributed by atoms with Crippen LogP contribution in [0, 0.1) is 10.1 Å². The largest absolute Gasteiger partial charge is 0.493 e. The van der Waals surface area contributed by atoms with E-state index in [1.54, 1.807) is 20.3 Å². The van der Waals surface area contributed by atoms with E-state index in [4.69, 9.17) is 14.2 Å². The summed E-state index contributed by atoms with van der Waals surface area (Å²) in [6.07, 6.45) is 1.83. The van der Waals surface area contributed by atoms with E-state index in [0.29, 0.717) is 30.2 Å². The first-order valence-electron chi connectivity index (χ1n) is 10.2. The maximum Gasteiger partial charge on any atom is 0.373 e. The number of nitrogens with one attached hydrogen (secondary N) is 1. The second kappa shape index (κ2) is 9.82. The third kappa shape index (κ3) is 4.77. The van der Waals surface area contributed by atoms with Gasteiger partial charge in [-0.1, -0.05) is 42.5 Å². The molecule has 0 fully saturated rings. The number of hydrogen-bond acceptors (Lipinski definition) is 8. The molecule has 0 bridgehead atoms. The van der Waals surface area contributed by atoms with Crippen LogP contribution in [0.3, 0.4) is 0 Å². The van der Waals surface area contributed by atoms with Gasteiger partial charge in [0.2, 0.25) is 5.82 Å². The molecule has 1 aromatic heterocycles. The van der Waals surface area contributed by atoms with Gasteiger partial charge in [0.1, 0.15) is 12.1 Å². The Morgan fingerprint density at radius 1 is 0.939 bits per heavy atom. The highest BCUT2D eigenvalue weighted by Gasteiger charge is 2.25.